The Bertz CT molecular complexity index is 1260. The summed E-state index contributed by atoms with van der Waals surface area (Å²) < 4.78 is 24.5. The molecule has 0 bridgehead atoms. The Morgan fingerprint density at radius 2 is 1.48 bits per heavy atom. The average molecular weight is 418 g/mol. The molecule has 31 heavy (non-hydrogen) atoms. The van der Waals surface area contributed by atoms with E-state index >= 15 is 0 Å². The highest BCUT2D eigenvalue weighted by molar-refractivity contribution is 6.07. The van der Waals surface area contributed by atoms with Crippen LogP contribution in [-0.2, 0) is 0 Å². The maximum Gasteiger partial charge on any atom is 0.291 e. The Labute approximate surface area is 177 Å². The molecule has 3 aromatic carbocycles. The molecule has 0 fully saturated rings. The number of furan rings is 1. The summed E-state index contributed by atoms with van der Waals surface area (Å²) in [5.74, 6) is -0.566. The van der Waals surface area contributed by atoms with Crippen LogP contribution in [0, 0.1) is 12.7 Å². The summed E-state index contributed by atoms with van der Waals surface area (Å²) >= 11 is 0. The van der Waals surface area contributed by atoms with Gasteiger partial charge in [0.25, 0.3) is 11.8 Å². The standard InChI is InChI=1S/C24H19FN2O4/c1-14-19-4-3-5-20(25)22(19)31-21(14)24(29)27-16-8-6-15(7-9-16)23(28)26-17-10-12-18(30-2)13-11-17/h3-13H,1-2H3,(H,26,28)(H,27,29). The molecule has 0 saturated heterocycles. The molecule has 2 N–H and O–H groups in total. The van der Waals surface area contributed by atoms with Gasteiger partial charge < -0.3 is 19.8 Å². The fourth-order valence-electron chi connectivity index (χ4n) is 3.20. The molecule has 0 unspecified atom stereocenters. The average Bonchev–Trinajstić information content (AvgIpc) is 3.13. The number of fused-ring (bicyclic) bond motifs is 1. The Morgan fingerprint density at radius 3 is 2.10 bits per heavy atom. The lowest BCUT2D eigenvalue weighted by molar-refractivity contribution is 0.0996. The van der Waals surface area contributed by atoms with Gasteiger partial charge in [-0.3, -0.25) is 9.59 Å². The van der Waals surface area contributed by atoms with Gasteiger partial charge in [-0.15, -0.1) is 0 Å². The first-order chi connectivity index (χ1) is 15.0. The van der Waals surface area contributed by atoms with Crippen LogP contribution < -0.4 is 15.4 Å². The van der Waals surface area contributed by atoms with E-state index in [9.17, 15) is 14.0 Å². The predicted octanol–water partition coefficient (Wildman–Crippen LogP) is 5.39. The van der Waals surface area contributed by atoms with E-state index in [2.05, 4.69) is 10.6 Å². The monoisotopic (exact) mass is 418 g/mol. The summed E-state index contributed by atoms with van der Waals surface area (Å²) in [6, 6.07) is 17.9. The topological polar surface area (TPSA) is 80.6 Å². The van der Waals surface area contributed by atoms with Crippen molar-refractivity contribution >= 4 is 34.2 Å². The van der Waals surface area contributed by atoms with E-state index in [-0.39, 0.29) is 17.3 Å². The van der Waals surface area contributed by atoms with Gasteiger partial charge in [0.2, 0.25) is 0 Å². The van der Waals surface area contributed by atoms with E-state index in [1.54, 1.807) is 74.7 Å². The van der Waals surface area contributed by atoms with Gasteiger partial charge in [-0.1, -0.05) is 12.1 Å². The van der Waals surface area contributed by atoms with Crippen LogP contribution in [0.3, 0.4) is 0 Å². The summed E-state index contributed by atoms with van der Waals surface area (Å²) in [5, 5.41) is 6.05. The molecule has 0 aliphatic heterocycles. The number of para-hydroxylation sites is 1. The quantitative estimate of drug-likeness (QED) is 0.455. The number of benzene rings is 3. The maximum absolute atomic E-state index is 13.9. The molecule has 1 aromatic heterocycles. The van der Waals surface area contributed by atoms with Crippen LogP contribution >= 0.6 is 0 Å². The third-order valence-corrected chi connectivity index (χ3v) is 4.87. The number of hydrogen-bond donors (Lipinski definition) is 2. The third kappa shape index (κ3) is 4.11. The summed E-state index contributed by atoms with van der Waals surface area (Å²) in [5.41, 5.74) is 2.15. The summed E-state index contributed by atoms with van der Waals surface area (Å²) in [7, 11) is 1.57. The largest absolute Gasteiger partial charge is 0.497 e. The number of ether oxygens (including phenoxy) is 1. The van der Waals surface area contributed by atoms with Crippen LogP contribution in [0.5, 0.6) is 5.75 Å². The first kappa shape index (κ1) is 20.2. The van der Waals surface area contributed by atoms with Crippen molar-refractivity contribution in [3.05, 3.63) is 89.4 Å². The molecule has 0 saturated carbocycles. The Hall–Kier alpha value is -4.13. The van der Waals surface area contributed by atoms with Crippen molar-refractivity contribution in [3.63, 3.8) is 0 Å². The Morgan fingerprint density at radius 1 is 0.871 bits per heavy atom. The number of halogens is 1. The first-order valence-electron chi connectivity index (χ1n) is 9.50. The predicted molar refractivity (Wildman–Crippen MR) is 116 cm³/mol. The number of rotatable bonds is 5. The van der Waals surface area contributed by atoms with Crippen LogP contribution in [0.25, 0.3) is 11.0 Å². The lowest BCUT2D eigenvalue weighted by Crippen LogP contribution is -2.14. The van der Waals surface area contributed by atoms with E-state index in [0.717, 1.165) is 0 Å². The molecule has 4 rings (SSSR count). The number of carbonyl (C=O) groups is 2. The molecule has 6 nitrogen and oxygen atoms in total. The number of carbonyl (C=O) groups excluding carboxylic acids is 2. The van der Waals surface area contributed by atoms with Crippen molar-refractivity contribution in [3.8, 4) is 5.75 Å². The van der Waals surface area contributed by atoms with Gasteiger partial charge in [-0.25, -0.2) is 4.39 Å². The first-order valence-corrected chi connectivity index (χ1v) is 9.50. The van der Waals surface area contributed by atoms with E-state index in [4.69, 9.17) is 9.15 Å². The van der Waals surface area contributed by atoms with Crippen LogP contribution in [0.15, 0.2) is 71.1 Å². The second-order valence-corrected chi connectivity index (χ2v) is 6.89. The van der Waals surface area contributed by atoms with Crippen LogP contribution in [0.2, 0.25) is 0 Å². The molecule has 1 heterocycles. The third-order valence-electron chi connectivity index (χ3n) is 4.87. The summed E-state index contributed by atoms with van der Waals surface area (Å²) in [6.07, 6.45) is 0. The molecule has 4 aromatic rings. The Kier molecular flexibility index (Phi) is 5.41. The summed E-state index contributed by atoms with van der Waals surface area (Å²) in [6.45, 7) is 1.70. The normalized spacial score (nSPS) is 10.7. The minimum atomic E-state index is -0.521. The lowest BCUT2D eigenvalue weighted by atomic mass is 10.1. The second-order valence-electron chi connectivity index (χ2n) is 6.89. The number of nitrogens with one attached hydrogen (secondary N) is 2. The highest BCUT2D eigenvalue weighted by Crippen LogP contribution is 2.28. The molecular weight excluding hydrogens is 399 g/mol. The number of methoxy groups -OCH3 is 1. The zero-order valence-corrected chi connectivity index (χ0v) is 16.9. The Balaban J connectivity index is 1.45. The SMILES string of the molecule is COc1ccc(NC(=O)c2ccc(NC(=O)c3oc4c(F)cccc4c3C)cc2)cc1. The highest BCUT2D eigenvalue weighted by atomic mass is 19.1. The molecule has 0 aliphatic carbocycles. The molecule has 0 spiro atoms. The molecule has 2 amide bonds. The molecule has 0 radical (unpaired) electrons. The van der Waals surface area contributed by atoms with E-state index in [1.807, 2.05) is 0 Å². The maximum atomic E-state index is 13.9. The van der Waals surface area contributed by atoms with Crippen molar-refractivity contribution in [2.45, 2.75) is 6.92 Å². The molecule has 0 aliphatic rings. The number of hydrogen-bond acceptors (Lipinski definition) is 4. The number of anilines is 2. The summed E-state index contributed by atoms with van der Waals surface area (Å²) in [4.78, 5) is 25.0. The fraction of sp³-hybridized carbons (Fsp3) is 0.0833. The highest BCUT2D eigenvalue weighted by Gasteiger charge is 2.19. The van der Waals surface area contributed by atoms with Gasteiger partial charge in [0.1, 0.15) is 5.75 Å². The van der Waals surface area contributed by atoms with Crippen LogP contribution in [0.1, 0.15) is 26.5 Å². The molecular formula is C24H19FN2O4. The minimum absolute atomic E-state index is 0.0430. The van der Waals surface area contributed by atoms with E-state index in [1.165, 1.54) is 6.07 Å². The zero-order valence-electron chi connectivity index (χ0n) is 16.9. The van der Waals surface area contributed by atoms with E-state index in [0.29, 0.717) is 33.6 Å². The van der Waals surface area contributed by atoms with E-state index < -0.39 is 11.7 Å². The molecule has 156 valence electrons. The van der Waals surface area contributed by atoms with Crippen molar-refractivity contribution in [2.24, 2.45) is 0 Å². The number of amides is 2. The van der Waals surface area contributed by atoms with Gasteiger partial charge in [-0.2, -0.15) is 0 Å². The van der Waals surface area contributed by atoms with Crippen molar-refractivity contribution < 1.29 is 23.1 Å². The molecule has 7 heteroatoms. The van der Waals surface area contributed by atoms with Crippen LogP contribution in [0.4, 0.5) is 15.8 Å². The van der Waals surface area contributed by atoms with Crippen molar-refractivity contribution in [2.75, 3.05) is 17.7 Å². The van der Waals surface area contributed by atoms with Crippen LogP contribution in [-0.4, -0.2) is 18.9 Å². The van der Waals surface area contributed by atoms with Crippen molar-refractivity contribution in [1.82, 2.24) is 0 Å². The van der Waals surface area contributed by atoms with Gasteiger partial charge in [0.05, 0.1) is 7.11 Å². The smallest absolute Gasteiger partial charge is 0.291 e. The lowest BCUT2D eigenvalue weighted by Gasteiger charge is -2.08. The van der Waals surface area contributed by atoms with Gasteiger partial charge in [-0.05, 0) is 61.5 Å². The molecule has 0 atom stereocenters. The zero-order chi connectivity index (χ0) is 22.0. The fourth-order valence-corrected chi connectivity index (χ4v) is 3.20. The minimum Gasteiger partial charge on any atom is -0.497 e. The van der Waals surface area contributed by atoms with Gasteiger partial charge in [0, 0.05) is 27.9 Å². The van der Waals surface area contributed by atoms with Gasteiger partial charge >= 0.3 is 0 Å². The van der Waals surface area contributed by atoms with Crippen molar-refractivity contribution in [1.29, 1.82) is 0 Å². The second kappa shape index (κ2) is 8.31. The van der Waals surface area contributed by atoms with Gasteiger partial charge in [0.15, 0.2) is 17.2 Å². The number of aryl methyl sites for hydroxylation is 1.